The van der Waals surface area contributed by atoms with Crippen LogP contribution in [0.25, 0.3) is 17.2 Å². The molecule has 17 heteroatoms. The van der Waals surface area contributed by atoms with Crippen LogP contribution in [0.15, 0.2) is 53.3 Å². The van der Waals surface area contributed by atoms with E-state index >= 15 is 0 Å². The van der Waals surface area contributed by atoms with Crippen LogP contribution < -0.4 is 11.2 Å². The standard InChI is InChI=1S/C49H79N7O10/c1-5-19-55(66-6-2)49(57)44-35-43-18-17-42(36-46(43)54-47(50)37-44)45-38-51-48(52-39-45)40-53-56(58)20-13-9-7-8-10-14-21-59-23-25-61-27-29-63-31-33-65-34-32-64-30-28-62-26-24-60-22-15-11-12-16-41(3)4/h17-18,35-36,38-39H,3,5-16,19-34,37,40H2,1-2,4H3,(H2-,50,53,54,57,58)/p+1. The molecule has 0 spiro atoms. The molecule has 0 radical (unpaired) electrons. The lowest BCUT2D eigenvalue weighted by molar-refractivity contribution is -0.610. The number of unbranched alkanes of at least 4 members (excludes halogenated alkanes) is 7. The van der Waals surface area contributed by atoms with Crippen molar-refractivity contribution in [3.8, 4) is 11.1 Å². The van der Waals surface area contributed by atoms with E-state index in [0.29, 0.717) is 129 Å². The lowest BCUT2D eigenvalue weighted by Crippen LogP contribution is -2.34. The van der Waals surface area contributed by atoms with Crippen LogP contribution in [0.3, 0.4) is 0 Å². The van der Waals surface area contributed by atoms with Crippen molar-refractivity contribution in [2.45, 2.75) is 104 Å². The van der Waals surface area contributed by atoms with Crippen LogP contribution in [0.4, 0.5) is 5.69 Å². The van der Waals surface area contributed by atoms with Crippen molar-refractivity contribution in [1.82, 2.24) is 20.5 Å². The van der Waals surface area contributed by atoms with E-state index in [1.165, 1.54) is 23.5 Å². The number of hydrazine groups is 1. The van der Waals surface area contributed by atoms with Gasteiger partial charge < -0.3 is 38.9 Å². The maximum Gasteiger partial charge on any atom is 0.273 e. The Balaban J connectivity index is 1.08. The van der Waals surface area contributed by atoms with Crippen molar-refractivity contribution in [3.05, 3.63) is 64.6 Å². The summed E-state index contributed by atoms with van der Waals surface area (Å²) in [6.07, 6.45) is 16.9. The zero-order valence-electron chi connectivity index (χ0n) is 40.3. The number of aromatic nitrogens is 2. The Morgan fingerprint density at radius 3 is 1.77 bits per heavy atom. The van der Waals surface area contributed by atoms with E-state index in [0.717, 1.165) is 86.0 Å². The number of nitrogens with zero attached hydrogens (tertiary/aromatic N) is 5. The predicted molar refractivity (Wildman–Crippen MR) is 257 cm³/mol. The van der Waals surface area contributed by atoms with E-state index in [2.05, 4.69) is 33.9 Å². The first kappa shape index (κ1) is 56.1. The molecular weight excluding hydrogens is 847 g/mol. The van der Waals surface area contributed by atoms with E-state index in [-0.39, 0.29) is 18.9 Å². The Morgan fingerprint density at radius 1 is 0.727 bits per heavy atom. The summed E-state index contributed by atoms with van der Waals surface area (Å²) < 4.78 is 39.0. The highest BCUT2D eigenvalue weighted by molar-refractivity contribution is 6.05. The van der Waals surface area contributed by atoms with Crippen LogP contribution in [-0.4, -0.2) is 144 Å². The minimum atomic E-state index is -0.210. The van der Waals surface area contributed by atoms with Crippen LogP contribution in [-0.2, 0) is 49.3 Å². The van der Waals surface area contributed by atoms with Gasteiger partial charge >= 0.3 is 0 Å². The Bertz CT molecular complexity index is 1690. The number of nitrogens with two attached hydrogens (primary N) is 1. The number of nitroso groups, excluding NO2 is 1. The molecule has 3 N–H and O–H groups in total. The number of amides is 1. The highest BCUT2D eigenvalue weighted by Gasteiger charge is 2.22. The summed E-state index contributed by atoms with van der Waals surface area (Å²) in [4.78, 5) is 45.5. The van der Waals surface area contributed by atoms with Gasteiger partial charge in [0.05, 0.1) is 96.5 Å². The van der Waals surface area contributed by atoms with Crippen molar-refractivity contribution < 1.29 is 47.7 Å². The lowest BCUT2D eigenvalue weighted by Gasteiger charge is -2.21. The lowest BCUT2D eigenvalue weighted by atomic mass is 10.0. The molecule has 1 aliphatic heterocycles. The van der Waals surface area contributed by atoms with Crippen molar-refractivity contribution in [3.63, 3.8) is 0 Å². The molecule has 1 aromatic heterocycles. The van der Waals surface area contributed by atoms with E-state index in [4.69, 9.17) is 43.7 Å². The largest absolute Gasteiger partial charge is 0.387 e. The maximum absolute atomic E-state index is 13.2. The van der Waals surface area contributed by atoms with Gasteiger partial charge in [-0.05, 0) is 70.1 Å². The van der Waals surface area contributed by atoms with Gasteiger partial charge in [0.1, 0.15) is 17.2 Å². The number of benzene rings is 1. The van der Waals surface area contributed by atoms with Gasteiger partial charge in [-0.2, -0.15) is 0 Å². The SMILES string of the molecule is C=C(C)CCCCCOCCOCCOCCOCCOCCOCCOCCCCCCCC[N+](=O)NCc1ncc(-c2ccc3c(c2)N=C(N)CC(C(=O)N(CCC)OCC)=C3)cn1. The monoisotopic (exact) mass is 927 g/mol. The van der Waals surface area contributed by atoms with Crippen LogP contribution in [0.1, 0.15) is 109 Å². The molecule has 0 saturated carbocycles. The number of hydrogen-bond acceptors (Lipinski definition) is 14. The van der Waals surface area contributed by atoms with E-state index in [1.807, 2.05) is 38.1 Å². The van der Waals surface area contributed by atoms with E-state index in [9.17, 15) is 9.70 Å². The zero-order chi connectivity index (χ0) is 47.3. The first-order valence-corrected chi connectivity index (χ1v) is 24.1. The highest BCUT2D eigenvalue weighted by atomic mass is 16.7. The fourth-order valence-electron chi connectivity index (χ4n) is 6.68. The fourth-order valence-corrected chi connectivity index (χ4v) is 6.68. The number of hydroxylamine groups is 2. The predicted octanol–water partition coefficient (Wildman–Crippen LogP) is 7.49. The van der Waals surface area contributed by atoms with Gasteiger partial charge in [-0.15, -0.1) is 12.0 Å². The van der Waals surface area contributed by atoms with Crippen molar-refractivity contribution in [1.29, 1.82) is 0 Å². The fraction of sp³-hybridized carbons (Fsp3) is 0.673. The number of allylic oxidation sites excluding steroid dienone is 1. The van der Waals surface area contributed by atoms with Gasteiger partial charge in [-0.1, -0.05) is 50.3 Å². The van der Waals surface area contributed by atoms with Gasteiger partial charge in [0.25, 0.3) is 5.91 Å². The molecule has 0 aliphatic carbocycles. The second-order valence-electron chi connectivity index (χ2n) is 16.0. The third-order valence-electron chi connectivity index (χ3n) is 10.2. The Kier molecular flexibility index (Phi) is 31.3. The molecular formula is C49H80N7O10+. The second kappa shape index (κ2) is 36.9. The van der Waals surface area contributed by atoms with E-state index in [1.54, 1.807) is 12.4 Å². The summed E-state index contributed by atoms with van der Waals surface area (Å²) in [7, 11) is 0. The smallest absolute Gasteiger partial charge is 0.273 e. The number of nitrogens with one attached hydrogen (secondary N) is 1. The average Bonchev–Trinajstić information content (AvgIpc) is 3.48. The summed E-state index contributed by atoms with van der Waals surface area (Å²) in [6.45, 7) is 19.4. The number of carbonyl (C=O) groups excluding carboxylic acids is 1. The highest BCUT2D eigenvalue weighted by Crippen LogP contribution is 2.32. The number of ether oxygens (including phenoxy) is 7. The van der Waals surface area contributed by atoms with Crippen LogP contribution in [0, 0.1) is 4.91 Å². The number of aliphatic imine (C=N–C) groups is 1. The summed E-state index contributed by atoms with van der Waals surface area (Å²) in [5.74, 6) is 0.650. The molecule has 2 aromatic rings. The molecule has 1 aliphatic rings. The van der Waals surface area contributed by atoms with Gasteiger partial charge in [-0.3, -0.25) is 9.63 Å². The molecule has 370 valence electrons. The minimum Gasteiger partial charge on any atom is -0.387 e. The molecule has 1 amide bonds. The third kappa shape index (κ3) is 26.2. The molecule has 0 bridgehead atoms. The Morgan fingerprint density at radius 2 is 1.24 bits per heavy atom. The molecule has 0 atom stereocenters. The summed E-state index contributed by atoms with van der Waals surface area (Å²) in [5.41, 5.74) is 14.0. The number of carbonyl (C=O) groups is 1. The summed E-state index contributed by atoms with van der Waals surface area (Å²) in [6, 6.07) is 5.75. The Labute approximate surface area is 393 Å². The second-order valence-corrected chi connectivity index (χ2v) is 16.0. The average molecular weight is 927 g/mol. The quantitative estimate of drug-likeness (QED) is 0.0288. The first-order valence-electron chi connectivity index (χ1n) is 24.1. The van der Waals surface area contributed by atoms with Gasteiger partial charge in [-0.25, -0.2) is 20.0 Å². The molecule has 0 unspecified atom stereocenters. The maximum atomic E-state index is 13.2. The van der Waals surface area contributed by atoms with Gasteiger partial charge in [0.2, 0.25) is 6.54 Å². The minimum absolute atomic E-state index is 0.210. The number of rotatable bonds is 42. The van der Waals surface area contributed by atoms with Crippen molar-refractivity contribution in [2.24, 2.45) is 10.7 Å². The van der Waals surface area contributed by atoms with Crippen LogP contribution in [0.5, 0.6) is 0 Å². The summed E-state index contributed by atoms with van der Waals surface area (Å²) >= 11 is 0. The molecule has 2 heterocycles. The molecule has 0 saturated heterocycles. The molecule has 0 fully saturated rings. The van der Waals surface area contributed by atoms with Crippen molar-refractivity contribution >= 4 is 23.5 Å². The molecule has 1 aromatic carbocycles. The van der Waals surface area contributed by atoms with Gasteiger partial charge in [0.15, 0.2) is 5.82 Å². The number of amidine groups is 1. The number of fused-ring (bicyclic) bond motifs is 1. The van der Waals surface area contributed by atoms with Crippen LogP contribution >= 0.6 is 0 Å². The van der Waals surface area contributed by atoms with Crippen LogP contribution in [0.2, 0.25) is 0 Å². The van der Waals surface area contributed by atoms with E-state index < -0.39 is 0 Å². The first-order chi connectivity index (χ1) is 32.3. The number of hydrogen-bond donors (Lipinski definition) is 2. The zero-order valence-corrected chi connectivity index (χ0v) is 40.3. The normalized spacial score (nSPS) is 12.3. The summed E-state index contributed by atoms with van der Waals surface area (Å²) in [5, 5.41) is 1.39. The third-order valence-corrected chi connectivity index (χ3v) is 10.2. The molecule has 66 heavy (non-hydrogen) atoms. The van der Waals surface area contributed by atoms with Gasteiger partial charge in [0, 0.05) is 61.7 Å². The molecule has 17 nitrogen and oxygen atoms in total. The Hall–Kier alpha value is -4.20. The van der Waals surface area contributed by atoms with Crippen molar-refractivity contribution in [2.75, 3.05) is 112 Å². The molecule has 3 rings (SSSR count). The topological polar surface area (TPSA) is 190 Å².